The van der Waals surface area contributed by atoms with Crippen molar-refractivity contribution in [2.75, 3.05) is 56.7 Å². The highest BCUT2D eigenvalue weighted by molar-refractivity contribution is 7.23. The first-order valence-corrected chi connectivity index (χ1v) is 16.7. The van der Waals surface area contributed by atoms with Crippen LogP contribution in [0.15, 0.2) is 12.1 Å². The molecule has 3 unspecified atom stereocenters. The van der Waals surface area contributed by atoms with Crippen molar-refractivity contribution < 1.29 is 32.5 Å². The molecule has 246 valence electrons. The number of thiophene rings is 1. The summed E-state index contributed by atoms with van der Waals surface area (Å²) in [7, 11) is 0. The molecule has 4 aliphatic rings. The zero-order chi connectivity index (χ0) is 32.6. The first kappa shape index (κ1) is 30.7. The molecule has 0 spiro atoms. The van der Waals surface area contributed by atoms with Crippen molar-refractivity contribution in [3.8, 4) is 29.0 Å². The van der Waals surface area contributed by atoms with Gasteiger partial charge in [-0.25, -0.2) is 13.2 Å². The van der Waals surface area contributed by atoms with E-state index in [1.807, 2.05) is 11.0 Å². The Labute approximate surface area is 276 Å². The molecule has 0 amide bonds. The molecule has 0 saturated carbocycles. The number of nitrogens with zero attached hydrogens (tertiary/aromatic N) is 5. The SMILES string of the molecule is N#Cc1c(N)sc2c(F)ccc(-c3c(Cl)c4c5c(nc(OCC67CCCN6C[C@H](F)C7)nc5c3F)N3CCOCC(O)C3CCO4)c12. The van der Waals surface area contributed by atoms with Crippen LogP contribution in [0.4, 0.5) is 24.0 Å². The third-order valence-electron chi connectivity index (χ3n) is 9.91. The molecule has 15 heteroatoms. The van der Waals surface area contributed by atoms with Crippen LogP contribution in [0.25, 0.3) is 32.1 Å². The summed E-state index contributed by atoms with van der Waals surface area (Å²) in [5.74, 6) is -1.12. The number of alkyl halides is 1. The minimum Gasteiger partial charge on any atom is -0.491 e. The minimum atomic E-state index is -0.969. The highest BCUT2D eigenvalue weighted by atomic mass is 35.5. The Morgan fingerprint density at radius 1 is 1.23 bits per heavy atom. The summed E-state index contributed by atoms with van der Waals surface area (Å²) < 4.78 is 64.9. The number of nitriles is 1. The molecule has 47 heavy (non-hydrogen) atoms. The standard InChI is InChI=1S/C32H30ClF3N6O4S/c33-24-22(16-2-3-18(35)28-21(16)17(11-37)29(38)47-28)25(36)26-23-27(24)45-8-4-19-20(43)13-44-9-7-42(19)30(23)40-31(39-26)46-14-32-5-1-6-41(32)12-15(34)10-32/h2-3,15,19-20,43H,1,4-10,12-14,38H2/t15-,19?,20?,32?/m1/s1. The summed E-state index contributed by atoms with van der Waals surface area (Å²) in [6, 6.07) is 3.94. The fourth-order valence-electron chi connectivity index (χ4n) is 7.78. The van der Waals surface area contributed by atoms with E-state index in [4.69, 9.17) is 36.5 Å². The highest BCUT2D eigenvalue weighted by Gasteiger charge is 2.49. The predicted octanol–water partition coefficient (Wildman–Crippen LogP) is 5.20. The number of hydrogen-bond donors (Lipinski definition) is 2. The third-order valence-corrected chi connectivity index (χ3v) is 11.3. The maximum absolute atomic E-state index is 17.2. The Balaban J connectivity index is 1.36. The number of nitrogen functional groups attached to an aromatic ring is 1. The maximum atomic E-state index is 17.2. The van der Waals surface area contributed by atoms with Crippen LogP contribution in [-0.2, 0) is 4.74 Å². The minimum absolute atomic E-state index is 0.00977. The lowest BCUT2D eigenvalue weighted by atomic mass is 9.95. The Morgan fingerprint density at radius 2 is 2.09 bits per heavy atom. The molecular formula is C32H30ClF3N6O4S. The van der Waals surface area contributed by atoms with Crippen molar-refractivity contribution in [3.63, 3.8) is 0 Å². The lowest BCUT2D eigenvalue weighted by molar-refractivity contribution is 0.0402. The maximum Gasteiger partial charge on any atom is 0.319 e. The van der Waals surface area contributed by atoms with Gasteiger partial charge in [-0.1, -0.05) is 17.7 Å². The molecule has 3 saturated heterocycles. The van der Waals surface area contributed by atoms with E-state index < -0.39 is 35.5 Å². The van der Waals surface area contributed by atoms with E-state index in [2.05, 4.69) is 9.88 Å². The fraction of sp³-hybridized carbons (Fsp3) is 0.469. The number of rotatable bonds is 4. The van der Waals surface area contributed by atoms with Gasteiger partial charge in [0.1, 0.15) is 41.0 Å². The normalized spacial score (nSPS) is 26.0. The molecule has 4 atom stereocenters. The third kappa shape index (κ3) is 4.77. The first-order valence-electron chi connectivity index (χ1n) is 15.5. The Bertz CT molecular complexity index is 1980. The monoisotopic (exact) mass is 686 g/mol. The van der Waals surface area contributed by atoms with Gasteiger partial charge in [-0.05, 0) is 31.0 Å². The van der Waals surface area contributed by atoms with Crippen LogP contribution in [-0.4, -0.2) is 89.9 Å². The van der Waals surface area contributed by atoms with Gasteiger partial charge >= 0.3 is 6.01 Å². The van der Waals surface area contributed by atoms with Crippen LogP contribution in [0.1, 0.15) is 31.2 Å². The van der Waals surface area contributed by atoms with E-state index >= 15 is 4.39 Å². The fourth-order valence-corrected chi connectivity index (χ4v) is 9.06. The van der Waals surface area contributed by atoms with E-state index in [0.29, 0.717) is 25.9 Å². The number of nitrogens with two attached hydrogens (primary N) is 1. The second kappa shape index (κ2) is 11.5. The van der Waals surface area contributed by atoms with Gasteiger partial charge in [-0.2, -0.15) is 15.2 Å². The van der Waals surface area contributed by atoms with Crippen molar-refractivity contribution in [1.29, 1.82) is 5.26 Å². The van der Waals surface area contributed by atoms with Gasteiger partial charge in [0.25, 0.3) is 0 Å². The van der Waals surface area contributed by atoms with Gasteiger partial charge in [-0.15, -0.1) is 11.3 Å². The van der Waals surface area contributed by atoms with Gasteiger partial charge in [0, 0.05) is 36.9 Å². The number of aromatic nitrogens is 2. The van der Waals surface area contributed by atoms with Crippen molar-refractivity contribution in [3.05, 3.63) is 34.4 Å². The summed E-state index contributed by atoms with van der Waals surface area (Å²) in [5.41, 5.74) is 5.42. The van der Waals surface area contributed by atoms with Gasteiger partial charge in [0.05, 0.1) is 58.2 Å². The van der Waals surface area contributed by atoms with Crippen molar-refractivity contribution in [1.82, 2.24) is 14.9 Å². The van der Waals surface area contributed by atoms with Crippen molar-refractivity contribution in [2.45, 2.75) is 49.5 Å². The Kier molecular flexibility index (Phi) is 7.53. The largest absolute Gasteiger partial charge is 0.491 e. The number of anilines is 2. The lowest BCUT2D eigenvalue weighted by Gasteiger charge is -2.36. The summed E-state index contributed by atoms with van der Waals surface area (Å²) in [5, 5.41) is 21.2. The molecule has 10 nitrogen and oxygen atoms in total. The quantitative estimate of drug-likeness (QED) is 0.296. The predicted molar refractivity (Wildman–Crippen MR) is 171 cm³/mol. The van der Waals surface area contributed by atoms with Crippen LogP contribution in [0.3, 0.4) is 0 Å². The van der Waals surface area contributed by atoms with Gasteiger partial charge < -0.3 is 30.0 Å². The lowest BCUT2D eigenvalue weighted by Crippen LogP contribution is -2.46. The van der Waals surface area contributed by atoms with Crippen LogP contribution >= 0.6 is 22.9 Å². The van der Waals surface area contributed by atoms with Gasteiger partial charge in [0.15, 0.2) is 11.6 Å². The average Bonchev–Trinajstić information content (AvgIpc) is 3.64. The number of aliphatic hydroxyl groups excluding tert-OH is 1. The zero-order valence-electron chi connectivity index (χ0n) is 25.1. The van der Waals surface area contributed by atoms with Crippen molar-refractivity contribution in [2.24, 2.45) is 0 Å². The van der Waals surface area contributed by atoms with E-state index in [0.717, 1.165) is 30.7 Å². The first-order chi connectivity index (χ1) is 22.7. The smallest absolute Gasteiger partial charge is 0.319 e. The Hall–Kier alpha value is -3.61. The zero-order valence-corrected chi connectivity index (χ0v) is 26.6. The molecule has 0 bridgehead atoms. The number of benzene rings is 2. The molecule has 8 rings (SSSR count). The second-order valence-corrected chi connectivity index (χ2v) is 14.0. The van der Waals surface area contributed by atoms with Gasteiger partial charge in [0.2, 0.25) is 0 Å². The van der Waals surface area contributed by atoms with E-state index in [1.54, 1.807) is 0 Å². The summed E-state index contributed by atoms with van der Waals surface area (Å²) >= 11 is 7.90. The van der Waals surface area contributed by atoms with Crippen LogP contribution in [0.5, 0.6) is 11.8 Å². The molecule has 4 aromatic rings. The molecule has 0 aliphatic carbocycles. The van der Waals surface area contributed by atoms with Crippen LogP contribution < -0.4 is 20.1 Å². The van der Waals surface area contributed by atoms with E-state index in [1.165, 1.54) is 12.1 Å². The van der Waals surface area contributed by atoms with E-state index in [-0.39, 0.29) is 91.7 Å². The molecule has 2 aromatic carbocycles. The summed E-state index contributed by atoms with van der Waals surface area (Å²) in [6.45, 7) is 2.04. The number of halogens is 4. The highest BCUT2D eigenvalue weighted by Crippen LogP contribution is 2.51. The molecular weight excluding hydrogens is 657 g/mol. The molecule has 0 radical (unpaired) electrons. The number of fused-ring (bicyclic) bond motifs is 4. The number of aliphatic hydroxyl groups is 1. The molecule has 3 fully saturated rings. The van der Waals surface area contributed by atoms with E-state index in [9.17, 15) is 19.1 Å². The van der Waals surface area contributed by atoms with Crippen molar-refractivity contribution >= 4 is 54.7 Å². The average molecular weight is 687 g/mol. The molecule has 3 N–H and O–H groups in total. The number of ether oxygens (including phenoxy) is 3. The molecule has 2 aromatic heterocycles. The second-order valence-electron chi connectivity index (χ2n) is 12.5. The van der Waals surface area contributed by atoms with Gasteiger partial charge in [-0.3, -0.25) is 4.90 Å². The Morgan fingerprint density at radius 3 is 2.91 bits per heavy atom. The van der Waals surface area contributed by atoms with Crippen LogP contribution in [0, 0.1) is 23.0 Å². The summed E-state index contributed by atoms with van der Waals surface area (Å²) in [6.07, 6.45) is 0.498. The summed E-state index contributed by atoms with van der Waals surface area (Å²) in [4.78, 5) is 13.3. The molecule has 4 aliphatic heterocycles. The topological polar surface area (TPSA) is 130 Å². The number of hydrogen-bond acceptors (Lipinski definition) is 11. The van der Waals surface area contributed by atoms with Crippen LogP contribution in [0.2, 0.25) is 5.02 Å². The molecule has 6 heterocycles.